The molecule has 2 N–H and O–H groups in total. The van der Waals surface area contributed by atoms with Crippen LogP contribution < -0.4 is 15.4 Å². The Morgan fingerprint density at radius 3 is 2.07 bits per heavy atom. The van der Waals surface area contributed by atoms with Gasteiger partial charge < -0.3 is 15.4 Å². The minimum absolute atomic E-state index is 0.0505. The first-order chi connectivity index (χ1) is 12.8. The van der Waals surface area contributed by atoms with Crippen molar-refractivity contribution < 1.29 is 14.3 Å². The molecule has 27 heavy (non-hydrogen) atoms. The van der Waals surface area contributed by atoms with Crippen LogP contribution in [0.3, 0.4) is 0 Å². The Morgan fingerprint density at radius 1 is 0.926 bits per heavy atom. The van der Waals surface area contributed by atoms with Gasteiger partial charge in [-0.05, 0) is 48.1 Å². The molecule has 5 nitrogen and oxygen atoms in total. The van der Waals surface area contributed by atoms with E-state index in [4.69, 9.17) is 4.74 Å². The summed E-state index contributed by atoms with van der Waals surface area (Å²) in [7, 11) is 1.55. The molecule has 2 aromatic carbocycles. The Morgan fingerprint density at radius 2 is 1.52 bits per heavy atom. The standard InChI is InChI=1S/C22H26N2O3/c1-21(2,3)15-9-11-16(12-10-15)23-19(25)22(13-14-22)20(26)24-17-7-5-6-8-18(17)27-4/h5-12H,13-14H2,1-4H3,(H,23,25)(H,24,26). The Kier molecular flexibility index (Phi) is 4.96. The third-order valence-electron chi connectivity index (χ3n) is 4.98. The van der Waals surface area contributed by atoms with Gasteiger partial charge in [-0.1, -0.05) is 45.0 Å². The predicted molar refractivity (Wildman–Crippen MR) is 107 cm³/mol. The fraction of sp³-hybridized carbons (Fsp3) is 0.364. The van der Waals surface area contributed by atoms with E-state index in [1.807, 2.05) is 36.4 Å². The van der Waals surface area contributed by atoms with Crippen molar-refractivity contribution in [2.45, 2.75) is 39.0 Å². The Bertz CT molecular complexity index is 847. The molecule has 3 rings (SSSR count). The summed E-state index contributed by atoms with van der Waals surface area (Å²) in [6, 6.07) is 14.9. The van der Waals surface area contributed by atoms with Crippen molar-refractivity contribution in [1.29, 1.82) is 0 Å². The number of ether oxygens (including phenoxy) is 1. The highest BCUT2D eigenvalue weighted by molar-refractivity contribution is 6.17. The van der Waals surface area contributed by atoms with Crippen molar-refractivity contribution in [3.63, 3.8) is 0 Å². The molecule has 0 heterocycles. The summed E-state index contributed by atoms with van der Waals surface area (Å²) in [6.45, 7) is 6.42. The van der Waals surface area contributed by atoms with Crippen LogP contribution in [0, 0.1) is 5.41 Å². The first-order valence-electron chi connectivity index (χ1n) is 9.13. The third kappa shape index (κ3) is 3.97. The molecule has 2 amide bonds. The van der Waals surface area contributed by atoms with Gasteiger partial charge in [0.25, 0.3) is 0 Å². The van der Waals surface area contributed by atoms with E-state index in [0.717, 1.165) is 0 Å². The van der Waals surface area contributed by atoms with Crippen LogP contribution in [0.5, 0.6) is 5.75 Å². The zero-order valence-corrected chi connectivity index (χ0v) is 16.3. The molecule has 0 aliphatic heterocycles. The number of carbonyl (C=O) groups is 2. The summed E-state index contributed by atoms with van der Waals surface area (Å²) >= 11 is 0. The SMILES string of the molecule is COc1ccccc1NC(=O)C1(C(=O)Nc2ccc(C(C)(C)C)cc2)CC1. The van der Waals surface area contributed by atoms with Crippen molar-refractivity contribution >= 4 is 23.2 Å². The molecule has 0 aromatic heterocycles. The lowest BCUT2D eigenvalue weighted by Crippen LogP contribution is -2.35. The number of rotatable bonds is 5. The zero-order valence-electron chi connectivity index (χ0n) is 16.3. The second kappa shape index (κ2) is 7.06. The number of nitrogens with one attached hydrogen (secondary N) is 2. The number of carbonyl (C=O) groups excluding carboxylic acids is 2. The van der Waals surface area contributed by atoms with Gasteiger partial charge in [-0.25, -0.2) is 0 Å². The van der Waals surface area contributed by atoms with E-state index >= 15 is 0 Å². The van der Waals surface area contributed by atoms with E-state index in [1.54, 1.807) is 19.2 Å². The second-order valence-corrected chi connectivity index (χ2v) is 8.02. The van der Waals surface area contributed by atoms with Crippen LogP contribution in [-0.2, 0) is 15.0 Å². The van der Waals surface area contributed by atoms with Crippen molar-refractivity contribution in [2.75, 3.05) is 17.7 Å². The van der Waals surface area contributed by atoms with E-state index in [2.05, 4.69) is 31.4 Å². The van der Waals surface area contributed by atoms with Gasteiger partial charge in [-0.15, -0.1) is 0 Å². The Balaban J connectivity index is 1.70. The van der Waals surface area contributed by atoms with Crippen LogP contribution in [0.25, 0.3) is 0 Å². The molecule has 5 heteroatoms. The first kappa shape index (κ1) is 19.0. The fourth-order valence-corrected chi connectivity index (χ4v) is 2.98. The minimum Gasteiger partial charge on any atom is -0.495 e. The van der Waals surface area contributed by atoms with Crippen molar-refractivity contribution in [1.82, 2.24) is 0 Å². The monoisotopic (exact) mass is 366 g/mol. The highest BCUT2D eigenvalue weighted by Crippen LogP contribution is 2.48. The maximum atomic E-state index is 12.8. The van der Waals surface area contributed by atoms with E-state index in [0.29, 0.717) is 30.0 Å². The number of hydrogen-bond acceptors (Lipinski definition) is 3. The van der Waals surface area contributed by atoms with Gasteiger partial charge in [-0.2, -0.15) is 0 Å². The molecule has 142 valence electrons. The molecule has 1 saturated carbocycles. The van der Waals surface area contributed by atoms with E-state index in [9.17, 15) is 9.59 Å². The zero-order chi connectivity index (χ0) is 19.7. The molecule has 0 unspecified atom stereocenters. The molecule has 1 fully saturated rings. The Labute approximate surface area is 160 Å². The van der Waals surface area contributed by atoms with Crippen LogP contribution in [0.2, 0.25) is 0 Å². The van der Waals surface area contributed by atoms with Gasteiger partial charge in [0.2, 0.25) is 11.8 Å². The molecule has 0 atom stereocenters. The van der Waals surface area contributed by atoms with Crippen molar-refractivity contribution in [3.05, 3.63) is 54.1 Å². The topological polar surface area (TPSA) is 67.4 Å². The van der Waals surface area contributed by atoms with Crippen LogP contribution >= 0.6 is 0 Å². The Hall–Kier alpha value is -2.82. The number of benzene rings is 2. The number of anilines is 2. The van der Waals surface area contributed by atoms with Crippen molar-refractivity contribution in [3.8, 4) is 5.75 Å². The number of para-hydroxylation sites is 2. The van der Waals surface area contributed by atoms with Gasteiger partial charge >= 0.3 is 0 Å². The summed E-state index contributed by atoms with van der Waals surface area (Å²) < 4.78 is 5.26. The lowest BCUT2D eigenvalue weighted by Gasteiger charge is -2.20. The van der Waals surface area contributed by atoms with E-state index < -0.39 is 5.41 Å². The molecule has 0 bridgehead atoms. The summed E-state index contributed by atoms with van der Waals surface area (Å²) in [5, 5.41) is 5.72. The molecule has 1 aliphatic rings. The van der Waals surface area contributed by atoms with Crippen LogP contribution in [0.1, 0.15) is 39.2 Å². The number of amides is 2. The van der Waals surface area contributed by atoms with Crippen LogP contribution in [0.4, 0.5) is 11.4 Å². The van der Waals surface area contributed by atoms with Gasteiger partial charge in [0, 0.05) is 5.69 Å². The number of hydrogen-bond donors (Lipinski definition) is 2. The number of methoxy groups -OCH3 is 1. The highest BCUT2D eigenvalue weighted by Gasteiger charge is 2.56. The summed E-state index contributed by atoms with van der Waals surface area (Å²) in [5.74, 6) is 0.00838. The van der Waals surface area contributed by atoms with Crippen LogP contribution in [-0.4, -0.2) is 18.9 Å². The quantitative estimate of drug-likeness (QED) is 0.773. The predicted octanol–water partition coefficient (Wildman–Crippen LogP) is 4.35. The lowest BCUT2D eigenvalue weighted by atomic mass is 9.87. The average Bonchev–Trinajstić information content (AvgIpc) is 3.44. The first-order valence-corrected chi connectivity index (χ1v) is 9.13. The van der Waals surface area contributed by atoms with Gasteiger partial charge in [0.1, 0.15) is 11.2 Å². The second-order valence-electron chi connectivity index (χ2n) is 8.02. The highest BCUT2D eigenvalue weighted by atomic mass is 16.5. The molecule has 1 aliphatic carbocycles. The third-order valence-corrected chi connectivity index (χ3v) is 4.98. The van der Waals surface area contributed by atoms with E-state index in [1.165, 1.54) is 5.56 Å². The molecular weight excluding hydrogens is 340 g/mol. The fourth-order valence-electron chi connectivity index (χ4n) is 2.98. The molecule has 0 radical (unpaired) electrons. The average molecular weight is 366 g/mol. The lowest BCUT2D eigenvalue weighted by molar-refractivity contribution is -0.131. The normalized spacial score (nSPS) is 15.0. The largest absolute Gasteiger partial charge is 0.495 e. The summed E-state index contributed by atoms with van der Waals surface area (Å²) in [6.07, 6.45) is 1.08. The molecule has 0 saturated heterocycles. The van der Waals surface area contributed by atoms with Gasteiger partial charge in [0.15, 0.2) is 0 Å². The van der Waals surface area contributed by atoms with Crippen molar-refractivity contribution in [2.24, 2.45) is 5.41 Å². The minimum atomic E-state index is -1.01. The molecule has 0 spiro atoms. The van der Waals surface area contributed by atoms with Crippen LogP contribution in [0.15, 0.2) is 48.5 Å². The van der Waals surface area contributed by atoms with Gasteiger partial charge in [-0.3, -0.25) is 9.59 Å². The molecular formula is C22H26N2O3. The molecule has 2 aromatic rings. The maximum absolute atomic E-state index is 12.8. The summed E-state index contributed by atoms with van der Waals surface area (Å²) in [5.41, 5.74) is 1.50. The summed E-state index contributed by atoms with van der Waals surface area (Å²) in [4.78, 5) is 25.5. The smallest absolute Gasteiger partial charge is 0.240 e. The van der Waals surface area contributed by atoms with Gasteiger partial charge in [0.05, 0.1) is 12.8 Å². The maximum Gasteiger partial charge on any atom is 0.240 e. The van der Waals surface area contributed by atoms with E-state index in [-0.39, 0.29) is 17.2 Å².